The van der Waals surface area contributed by atoms with Gasteiger partial charge in [0, 0.05) is 29.9 Å². The number of anilines is 1. The molecule has 1 aromatic carbocycles. The second-order valence-corrected chi connectivity index (χ2v) is 4.94. The van der Waals surface area contributed by atoms with Gasteiger partial charge in [0.2, 0.25) is 5.91 Å². The number of nitrogens with one attached hydrogen (secondary N) is 1. The molecule has 2 N–H and O–H groups in total. The van der Waals surface area contributed by atoms with Gasteiger partial charge in [0.05, 0.1) is 6.04 Å². The highest BCUT2D eigenvalue weighted by atomic mass is 35.5. The van der Waals surface area contributed by atoms with Crippen molar-refractivity contribution >= 4 is 23.2 Å². The highest BCUT2D eigenvalue weighted by Gasteiger charge is 2.33. The maximum Gasteiger partial charge on any atom is 0.244 e. The van der Waals surface area contributed by atoms with Crippen LogP contribution in [0.25, 0.3) is 0 Å². The van der Waals surface area contributed by atoms with Gasteiger partial charge in [-0.25, -0.2) is 0 Å². The number of rotatable bonds is 3. The zero-order valence-corrected chi connectivity index (χ0v) is 11.0. The van der Waals surface area contributed by atoms with Crippen molar-refractivity contribution in [3.05, 3.63) is 29.3 Å². The largest absolute Gasteiger partial charge is 0.396 e. The number of nitrogens with zero attached hydrogens (tertiary/aromatic N) is 1. The van der Waals surface area contributed by atoms with Gasteiger partial charge in [-0.1, -0.05) is 11.6 Å². The van der Waals surface area contributed by atoms with E-state index in [0.29, 0.717) is 11.4 Å². The standard InChI is InChI=1S/C13H17ClN2O2/c1-9-8-15-12(6-7-17)13(18)16(9)11-4-2-10(14)3-5-11/h2-5,9,12,15,17H,6-8H2,1H3. The Morgan fingerprint density at radius 2 is 2.11 bits per heavy atom. The monoisotopic (exact) mass is 268 g/mol. The van der Waals surface area contributed by atoms with Crippen molar-refractivity contribution < 1.29 is 9.90 Å². The average molecular weight is 269 g/mol. The number of carbonyl (C=O) groups is 1. The van der Waals surface area contributed by atoms with Gasteiger partial charge < -0.3 is 15.3 Å². The number of aliphatic hydroxyl groups excluding tert-OH is 1. The van der Waals surface area contributed by atoms with Crippen molar-refractivity contribution in [3.8, 4) is 0 Å². The van der Waals surface area contributed by atoms with Crippen molar-refractivity contribution in [2.75, 3.05) is 18.1 Å². The maximum atomic E-state index is 12.3. The summed E-state index contributed by atoms with van der Waals surface area (Å²) in [5.74, 6) is 0.00474. The summed E-state index contributed by atoms with van der Waals surface area (Å²) in [6.07, 6.45) is 0.440. The molecule has 1 aromatic rings. The van der Waals surface area contributed by atoms with E-state index < -0.39 is 0 Å². The van der Waals surface area contributed by atoms with Gasteiger partial charge in [0.25, 0.3) is 0 Å². The smallest absolute Gasteiger partial charge is 0.244 e. The normalized spacial score (nSPS) is 24.4. The fraction of sp³-hybridized carbons (Fsp3) is 0.462. The van der Waals surface area contributed by atoms with Crippen LogP contribution in [-0.2, 0) is 4.79 Å². The number of amides is 1. The van der Waals surface area contributed by atoms with Crippen LogP contribution in [0.5, 0.6) is 0 Å². The van der Waals surface area contributed by atoms with Crippen LogP contribution >= 0.6 is 11.6 Å². The number of aliphatic hydroxyl groups is 1. The number of hydrogen-bond donors (Lipinski definition) is 2. The molecule has 0 saturated carbocycles. The number of hydrogen-bond acceptors (Lipinski definition) is 3. The highest BCUT2D eigenvalue weighted by Crippen LogP contribution is 2.23. The molecule has 5 heteroatoms. The molecule has 1 saturated heterocycles. The molecule has 0 radical (unpaired) electrons. The lowest BCUT2D eigenvalue weighted by molar-refractivity contribution is -0.122. The van der Waals surface area contributed by atoms with Crippen molar-refractivity contribution in [1.82, 2.24) is 5.32 Å². The molecule has 1 aliphatic rings. The number of benzene rings is 1. The first-order valence-corrected chi connectivity index (χ1v) is 6.44. The van der Waals surface area contributed by atoms with Crippen molar-refractivity contribution in [3.63, 3.8) is 0 Å². The van der Waals surface area contributed by atoms with Crippen LogP contribution in [0.1, 0.15) is 13.3 Å². The Morgan fingerprint density at radius 1 is 1.44 bits per heavy atom. The van der Waals surface area contributed by atoms with Crippen molar-refractivity contribution in [1.29, 1.82) is 0 Å². The lowest BCUT2D eigenvalue weighted by Crippen LogP contribution is -2.59. The van der Waals surface area contributed by atoms with E-state index in [-0.39, 0.29) is 24.6 Å². The van der Waals surface area contributed by atoms with E-state index >= 15 is 0 Å². The van der Waals surface area contributed by atoms with Gasteiger partial charge in [0.15, 0.2) is 0 Å². The van der Waals surface area contributed by atoms with E-state index in [2.05, 4.69) is 5.32 Å². The molecule has 1 fully saturated rings. The molecule has 0 aliphatic carbocycles. The summed E-state index contributed by atoms with van der Waals surface area (Å²) in [5.41, 5.74) is 0.848. The quantitative estimate of drug-likeness (QED) is 0.872. The Kier molecular flexibility index (Phi) is 4.22. The van der Waals surface area contributed by atoms with Crippen LogP contribution < -0.4 is 10.2 Å². The van der Waals surface area contributed by atoms with Gasteiger partial charge in [-0.3, -0.25) is 4.79 Å². The summed E-state index contributed by atoms with van der Waals surface area (Å²) in [6, 6.07) is 7.03. The SMILES string of the molecule is CC1CNC(CCO)C(=O)N1c1ccc(Cl)cc1. The maximum absolute atomic E-state index is 12.3. The van der Waals surface area contributed by atoms with Gasteiger partial charge >= 0.3 is 0 Å². The average Bonchev–Trinajstić information content (AvgIpc) is 2.35. The summed E-state index contributed by atoms with van der Waals surface area (Å²) >= 11 is 5.85. The molecule has 4 nitrogen and oxygen atoms in total. The third kappa shape index (κ3) is 2.66. The molecule has 0 bridgehead atoms. The Hall–Kier alpha value is -1.10. The van der Waals surface area contributed by atoms with Gasteiger partial charge in [-0.05, 0) is 37.6 Å². The van der Waals surface area contributed by atoms with Crippen LogP contribution in [0.2, 0.25) is 5.02 Å². The third-order valence-corrected chi connectivity index (χ3v) is 3.41. The molecule has 18 heavy (non-hydrogen) atoms. The van der Waals surface area contributed by atoms with Crippen LogP contribution in [0.3, 0.4) is 0 Å². The minimum absolute atomic E-state index is 0.00474. The fourth-order valence-electron chi connectivity index (χ4n) is 2.21. The summed E-state index contributed by atoms with van der Waals surface area (Å²) in [5, 5.41) is 12.8. The Bertz CT molecular complexity index is 422. The van der Waals surface area contributed by atoms with Crippen LogP contribution in [0.15, 0.2) is 24.3 Å². The summed E-state index contributed by atoms with van der Waals surface area (Å²) < 4.78 is 0. The number of carbonyl (C=O) groups excluding carboxylic acids is 1. The lowest BCUT2D eigenvalue weighted by atomic mass is 10.1. The first kappa shape index (κ1) is 13.3. The molecule has 0 aromatic heterocycles. The van der Waals surface area contributed by atoms with E-state index in [4.69, 9.17) is 16.7 Å². The number of halogens is 1. The summed E-state index contributed by atoms with van der Waals surface area (Å²) in [7, 11) is 0. The summed E-state index contributed by atoms with van der Waals surface area (Å²) in [6.45, 7) is 2.72. The van der Waals surface area contributed by atoms with Gasteiger partial charge in [-0.15, -0.1) is 0 Å². The van der Waals surface area contributed by atoms with E-state index in [1.807, 2.05) is 19.1 Å². The minimum Gasteiger partial charge on any atom is -0.396 e. The van der Waals surface area contributed by atoms with Crippen molar-refractivity contribution in [2.45, 2.75) is 25.4 Å². The molecule has 1 amide bonds. The fourth-order valence-corrected chi connectivity index (χ4v) is 2.34. The molecule has 2 atom stereocenters. The van der Waals surface area contributed by atoms with E-state index in [9.17, 15) is 4.79 Å². The first-order valence-electron chi connectivity index (χ1n) is 6.06. The second kappa shape index (κ2) is 5.69. The van der Waals surface area contributed by atoms with Gasteiger partial charge in [0.1, 0.15) is 0 Å². The van der Waals surface area contributed by atoms with Gasteiger partial charge in [-0.2, -0.15) is 0 Å². The highest BCUT2D eigenvalue weighted by molar-refractivity contribution is 6.30. The zero-order chi connectivity index (χ0) is 13.1. The van der Waals surface area contributed by atoms with E-state index in [1.54, 1.807) is 17.0 Å². The molecule has 2 unspecified atom stereocenters. The molecular weight excluding hydrogens is 252 g/mol. The van der Waals surface area contributed by atoms with Crippen LogP contribution in [0.4, 0.5) is 5.69 Å². The Morgan fingerprint density at radius 3 is 2.72 bits per heavy atom. The molecule has 1 aliphatic heterocycles. The molecule has 0 spiro atoms. The number of piperazine rings is 1. The summed E-state index contributed by atoms with van der Waals surface area (Å²) in [4.78, 5) is 14.1. The first-order chi connectivity index (χ1) is 8.63. The second-order valence-electron chi connectivity index (χ2n) is 4.51. The molecular formula is C13H17ClN2O2. The van der Waals surface area contributed by atoms with Crippen LogP contribution in [0, 0.1) is 0 Å². The predicted octanol–water partition coefficient (Wildman–Crippen LogP) is 1.42. The van der Waals surface area contributed by atoms with E-state index in [1.165, 1.54) is 0 Å². The topological polar surface area (TPSA) is 52.6 Å². The molecule has 1 heterocycles. The van der Waals surface area contributed by atoms with E-state index in [0.717, 1.165) is 12.2 Å². The lowest BCUT2D eigenvalue weighted by Gasteiger charge is -2.38. The van der Waals surface area contributed by atoms with Crippen molar-refractivity contribution in [2.24, 2.45) is 0 Å². The predicted molar refractivity (Wildman–Crippen MR) is 71.9 cm³/mol. The third-order valence-electron chi connectivity index (χ3n) is 3.16. The molecule has 98 valence electrons. The molecule has 2 rings (SSSR count). The van der Waals surface area contributed by atoms with Crippen LogP contribution in [-0.4, -0.2) is 36.2 Å². The Labute approximate surface area is 112 Å². The minimum atomic E-state index is -0.304. The zero-order valence-electron chi connectivity index (χ0n) is 10.3. The Balaban J connectivity index is 2.23.